The number of carbonyl (C=O) groups is 2. The Morgan fingerprint density at radius 1 is 1.15 bits per heavy atom. The number of ether oxygens (including phenoxy) is 3. The summed E-state index contributed by atoms with van der Waals surface area (Å²) in [5.74, 6) is -0.0312. The zero-order valence-electron chi connectivity index (χ0n) is 15.5. The van der Waals surface area contributed by atoms with E-state index in [4.69, 9.17) is 14.2 Å². The molecule has 1 heterocycles. The van der Waals surface area contributed by atoms with Crippen LogP contribution in [0.5, 0.6) is 5.75 Å². The van der Waals surface area contributed by atoms with Crippen LogP contribution in [0, 0.1) is 13.8 Å². The largest absolute Gasteiger partial charge is 0.491 e. The van der Waals surface area contributed by atoms with Gasteiger partial charge >= 0.3 is 5.97 Å². The zero-order valence-corrected chi connectivity index (χ0v) is 15.5. The molecule has 0 aliphatic carbocycles. The molecule has 0 aliphatic heterocycles. The lowest BCUT2D eigenvalue weighted by molar-refractivity contribution is 0.0599. The van der Waals surface area contributed by atoms with Crippen LogP contribution < -0.4 is 10.1 Å². The predicted octanol–water partition coefficient (Wildman–Crippen LogP) is 2.37. The van der Waals surface area contributed by atoms with E-state index in [1.807, 2.05) is 24.3 Å². The number of nitrogens with one attached hydrogen (secondary N) is 2. The minimum atomic E-state index is -0.462. The van der Waals surface area contributed by atoms with Gasteiger partial charge in [0.05, 0.1) is 19.3 Å². The minimum Gasteiger partial charge on any atom is -0.491 e. The van der Waals surface area contributed by atoms with Gasteiger partial charge in [-0.1, -0.05) is 12.1 Å². The first-order valence-corrected chi connectivity index (χ1v) is 8.24. The third-order valence-corrected chi connectivity index (χ3v) is 3.96. The van der Waals surface area contributed by atoms with Gasteiger partial charge in [0.2, 0.25) is 0 Å². The van der Waals surface area contributed by atoms with Gasteiger partial charge in [-0.05, 0) is 37.1 Å². The molecule has 0 bridgehead atoms. The highest BCUT2D eigenvalue weighted by molar-refractivity contribution is 6.00. The first kappa shape index (κ1) is 19.5. The van der Waals surface area contributed by atoms with Gasteiger partial charge in [-0.3, -0.25) is 4.79 Å². The molecule has 2 aromatic rings. The molecular weight excluding hydrogens is 336 g/mol. The van der Waals surface area contributed by atoms with Crippen molar-refractivity contribution in [1.29, 1.82) is 0 Å². The number of aromatic amines is 1. The maximum atomic E-state index is 12.5. The summed E-state index contributed by atoms with van der Waals surface area (Å²) in [4.78, 5) is 27.2. The maximum Gasteiger partial charge on any atom is 0.339 e. The summed E-state index contributed by atoms with van der Waals surface area (Å²) in [6.45, 7) is 4.76. The normalized spacial score (nSPS) is 10.5. The van der Waals surface area contributed by atoms with Crippen molar-refractivity contribution >= 4 is 11.9 Å². The number of methoxy groups -OCH3 is 2. The summed E-state index contributed by atoms with van der Waals surface area (Å²) in [6, 6.07) is 7.48. The fraction of sp³-hybridized carbons (Fsp3) is 0.368. The van der Waals surface area contributed by atoms with Gasteiger partial charge in [0.15, 0.2) is 0 Å². The molecule has 7 nitrogen and oxygen atoms in total. The third-order valence-electron chi connectivity index (χ3n) is 3.96. The van der Waals surface area contributed by atoms with E-state index in [0.717, 1.165) is 5.56 Å². The highest BCUT2D eigenvalue weighted by Crippen LogP contribution is 2.19. The van der Waals surface area contributed by atoms with E-state index >= 15 is 0 Å². The van der Waals surface area contributed by atoms with Crippen LogP contribution in [-0.2, 0) is 16.0 Å². The number of rotatable bonds is 8. The molecule has 0 aliphatic rings. The van der Waals surface area contributed by atoms with Crippen LogP contribution in [0.2, 0.25) is 0 Å². The summed E-state index contributed by atoms with van der Waals surface area (Å²) in [6.07, 6.45) is 0. The van der Waals surface area contributed by atoms with Crippen molar-refractivity contribution in [1.82, 2.24) is 10.3 Å². The number of H-pyrrole nitrogens is 1. The highest BCUT2D eigenvalue weighted by atomic mass is 16.5. The second-order valence-corrected chi connectivity index (χ2v) is 5.79. The summed E-state index contributed by atoms with van der Waals surface area (Å²) >= 11 is 0. The molecule has 140 valence electrons. The number of aryl methyl sites for hydroxylation is 1. The Kier molecular flexibility index (Phi) is 6.80. The van der Waals surface area contributed by atoms with Gasteiger partial charge in [0.25, 0.3) is 5.91 Å². The molecule has 1 aromatic heterocycles. The van der Waals surface area contributed by atoms with E-state index in [1.54, 1.807) is 21.0 Å². The lowest BCUT2D eigenvalue weighted by atomic mass is 10.1. The Hall–Kier alpha value is -2.80. The monoisotopic (exact) mass is 360 g/mol. The molecule has 0 fully saturated rings. The van der Waals surface area contributed by atoms with Crippen molar-refractivity contribution in [3.8, 4) is 5.75 Å². The molecular formula is C19H24N2O5. The molecule has 1 aromatic carbocycles. The average molecular weight is 360 g/mol. The third kappa shape index (κ3) is 4.64. The Labute approximate surface area is 152 Å². The van der Waals surface area contributed by atoms with E-state index in [-0.39, 0.29) is 5.91 Å². The van der Waals surface area contributed by atoms with Crippen molar-refractivity contribution in [2.24, 2.45) is 0 Å². The molecule has 2 rings (SSSR count). The fourth-order valence-corrected chi connectivity index (χ4v) is 2.64. The Bertz CT molecular complexity index is 782. The highest BCUT2D eigenvalue weighted by Gasteiger charge is 2.22. The van der Waals surface area contributed by atoms with Crippen LogP contribution >= 0.6 is 0 Å². The number of amides is 1. The molecule has 0 spiro atoms. The van der Waals surface area contributed by atoms with Crippen molar-refractivity contribution in [2.75, 3.05) is 27.4 Å². The van der Waals surface area contributed by atoms with Gasteiger partial charge in [0.1, 0.15) is 18.1 Å². The number of hydrogen-bond donors (Lipinski definition) is 2. The second kappa shape index (κ2) is 9.05. The van der Waals surface area contributed by atoms with Crippen LogP contribution in [0.4, 0.5) is 0 Å². The van der Waals surface area contributed by atoms with E-state index < -0.39 is 5.97 Å². The Morgan fingerprint density at radius 2 is 1.92 bits per heavy atom. The fourth-order valence-electron chi connectivity index (χ4n) is 2.64. The van der Waals surface area contributed by atoms with Crippen LogP contribution in [0.1, 0.15) is 37.7 Å². The summed E-state index contributed by atoms with van der Waals surface area (Å²) in [7, 11) is 2.93. The SMILES string of the molecule is COCCOc1cccc(CNC(=O)c2[nH]c(C)c(C(=O)OC)c2C)c1. The predicted molar refractivity (Wildman–Crippen MR) is 96.6 cm³/mol. The van der Waals surface area contributed by atoms with Crippen LogP contribution in [0.15, 0.2) is 24.3 Å². The van der Waals surface area contributed by atoms with Gasteiger partial charge < -0.3 is 24.5 Å². The first-order chi connectivity index (χ1) is 12.5. The van der Waals surface area contributed by atoms with E-state index in [1.165, 1.54) is 7.11 Å². The van der Waals surface area contributed by atoms with Crippen LogP contribution in [0.25, 0.3) is 0 Å². The zero-order chi connectivity index (χ0) is 19.1. The topological polar surface area (TPSA) is 89.7 Å². The summed E-state index contributed by atoms with van der Waals surface area (Å²) < 4.78 is 15.3. The second-order valence-electron chi connectivity index (χ2n) is 5.79. The number of esters is 1. The molecule has 2 N–H and O–H groups in total. The van der Waals surface area contributed by atoms with Crippen LogP contribution in [-0.4, -0.2) is 44.3 Å². The lowest BCUT2D eigenvalue weighted by Crippen LogP contribution is -2.24. The minimum absolute atomic E-state index is 0.286. The number of benzene rings is 1. The first-order valence-electron chi connectivity index (χ1n) is 8.24. The van der Waals surface area contributed by atoms with E-state index in [0.29, 0.717) is 48.0 Å². The van der Waals surface area contributed by atoms with E-state index in [9.17, 15) is 9.59 Å². The van der Waals surface area contributed by atoms with Crippen molar-refractivity contribution in [2.45, 2.75) is 20.4 Å². The van der Waals surface area contributed by atoms with Gasteiger partial charge in [-0.25, -0.2) is 4.79 Å². The van der Waals surface area contributed by atoms with Gasteiger partial charge in [-0.2, -0.15) is 0 Å². The van der Waals surface area contributed by atoms with E-state index in [2.05, 4.69) is 10.3 Å². The number of aromatic nitrogens is 1. The molecule has 0 unspecified atom stereocenters. The average Bonchev–Trinajstić information content (AvgIpc) is 2.94. The smallest absolute Gasteiger partial charge is 0.339 e. The molecule has 0 radical (unpaired) electrons. The van der Waals surface area contributed by atoms with Crippen molar-refractivity contribution < 1.29 is 23.8 Å². The van der Waals surface area contributed by atoms with Crippen molar-refractivity contribution in [3.63, 3.8) is 0 Å². The molecule has 0 saturated heterocycles. The Balaban J connectivity index is 2.03. The lowest BCUT2D eigenvalue weighted by Gasteiger charge is -2.09. The molecule has 0 saturated carbocycles. The van der Waals surface area contributed by atoms with Crippen LogP contribution in [0.3, 0.4) is 0 Å². The molecule has 0 atom stereocenters. The standard InChI is InChI=1S/C19H24N2O5/c1-12-16(19(23)25-4)13(2)21-17(12)18(22)20-11-14-6-5-7-15(10-14)26-9-8-24-3/h5-7,10,21H,8-9,11H2,1-4H3,(H,20,22). The number of hydrogen-bond acceptors (Lipinski definition) is 5. The molecule has 1 amide bonds. The maximum absolute atomic E-state index is 12.5. The number of carbonyl (C=O) groups excluding carboxylic acids is 2. The molecule has 26 heavy (non-hydrogen) atoms. The van der Waals surface area contributed by atoms with Crippen molar-refractivity contribution in [3.05, 3.63) is 52.3 Å². The van der Waals surface area contributed by atoms with Gasteiger partial charge in [-0.15, -0.1) is 0 Å². The summed E-state index contributed by atoms with van der Waals surface area (Å²) in [5.41, 5.74) is 2.83. The summed E-state index contributed by atoms with van der Waals surface area (Å²) in [5, 5.41) is 2.85. The molecule has 7 heteroatoms. The Morgan fingerprint density at radius 3 is 2.62 bits per heavy atom. The quantitative estimate of drug-likeness (QED) is 0.557. The van der Waals surface area contributed by atoms with Gasteiger partial charge in [0, 0.05) is 19.3 Å².